The minimum atomic E-state index is -1.14. The Kier molecular flexibility index (Phi) is 9.99. The van der Waals surface area contributed by atoms with Crippen molar-refractivity contribution in [1.82, 2.24) is 0 Å². The van der Waals surface area contributed by atoms with Crippen LogP contribution in [0.3, 0.4) is 0 Å². The Morgan fingerprint density at radius 2 is 1.52 bits per heavy atom. The van der Waals surface area contributed by atoms with Crippen LogP contribution in [-0.4, -0.2) is 73.1 Å². The summed E-state index contributed by atoms with van der Waals surface area (Å²) in [5.41, 5.74) is -0.0184. The molecule has 2 unspecified atom stereocenters. The smallest absolute Gasteiger partial charge is 0.339 e. The number of carboxylic acids is 1. The Labute approximate surface area is 180 Å². The molecule has 0 radical (unpaired) electrons. The van der Waals surface area contributed by atoms with Crippen molar-refractivity contribution in [3.63, 3.8) is 0 Å². The fourth-order valence-corrected chi connectivity index (χ4v) is 2.74. The number of hydrogen-bond donors (Lipinski definition) is 3. The number of benzene rings is 2. The van der Waals surface area contributed by atoms with E-state index in [1.807, 2.05) is 0 Å². The number of rotatable bonds is 15. The van der Waals surface area contributed by atoms with Crippen LogP contribution in [0.5, 0.6) is 11.5 Å². The van der Waals surface area contributed by atoms with Crippen molar-refractivity contribution in [2.24, 2.45) is 0 Å². The highest BCUT2D eigenvalue weighted by atomic mass is 16.5. The van der Waals surface area contributed by atoms with E-state index >= 15 is 0 Å². The minimum absolute atomic E-state index is 0.0184. The van der Waals surface area contributed by atoms with Gasteiger partial charge in [-0.2, -0.15) is 0 Å². The molecule has 8 nitrogen and oxygen atoms in total. The molecule has 2 rings (SSSR count). The van der Waals surface area contributed by atoms with Crippen LogP contribution in [0.15, 0.2) is 55.6 Å². The van der Waals surface area contributed by atoms with Crippen LogP contribution in [0.4, 0.5) is 0 Å². The number of carbonyl (C=O) groups is 1. The number of aliphatic hydroxyl groups is 2. The monoisotopic (exact) mass is 432 g/mol. The molecule has 0 aliphatic rings. The lowest BCUT2D eigenvalue weighted by molar-refractivity contribution is 0.0212. The van der Waals surface area contributed by atoms with Crippen molar-refractivity contribution in [3.05, 3.63) is 61.2 Å². The first-order valence-electron chi connectivity index (χ1n) is 9.75. The predicted molar refractivity (Wildman–Crippen MR) is 116 cm³/mol. The molecule has 0 saturated heterocycles. The largest absolute Gasteiger partial charge is 0.491 e. The third-order valence-electron chi connectivity index (χ3n) is 4.13. The Balaban J connectivity index is 2.12. The molecular weight excluding hydrogens is 404 g/mol. The summed E-state index contributed by atoms with van der Waals surface area (Å²) in [7, 11) is 0. The number of ether oxygens (including phenoxy) is 4. The molecular formula is C23H28O8. The highest BCUT2D eigenvalue weighted by molar-refractivity contribution is 6.01. The third kappa shape index (κ3) is 7.69. The molecule has 2 aromatic carbocycles. The van der Waals surface area contributed by atoms with Crippen molar-refractivity contribution in [1.29, 1.82) is 0 Å². The standard InChI is InChI=1S/C23H28O8/c1-3-9-28-12-17(24)14-30-19-6-8-20-16(11-19)5-7-21(23(26)27)22(20)31-15-18(25)13-29-10-4-2/h3-8,11,17-18,24-25H,1-2,9-10,12-15H2,(H,26,27). The molecule has 0 fully saturated rings. The van der Waals surface area contributed by atoms with E-state index in [9.17, 15) is 20.1 Å². The minimum Gasteiger partial charge on any atom is -0.491 e. The molecule has 8 heteroatoms. The van der Waals surface area contributed by atoms with E-state index in [4.69, 9.17) is 18.9 Å². The molecule has 0 aromatic heterocycles. The van der Waals surface area contributed by atoms with Gasteiger partial charge in [0.2, 0.25) is 0 Å². The highest BCUT2D eigenvalue weighted by Gasteiger charge is 2.17. The van der Waals surface area contributed by atoms with Gasteiger partial charge in [-0.25, -0.2) is 4.79 Å². The van der Waals surface area contributed by atoms with Gasteiger partial charge in [0.25, 0.3) is 0 Å². The van der Waals surface area contributed by atoms with Crippen LogP contribution in [0.25, 0.3) is 10.8 Å². The van der Waals surface area contributed by atoms with Gasteiger partial charge in [-0.1, -0.05) is 18.2 Å². The van der Waals surface area contributed by atoms with Gasteiger partial charge in [0.15, 0.2) is 0 Å². The summed E-state index contributed by atoms with van der Waals surface area (Å²) in [4.78, 5) is 11.6. The summed E-state index contributed by atoms with van der Waals surface area (Å²) in [5, 5.41) is 30.6. The lowest BCUT2D eigenvalue weighted by Crippen LogP contribution is -2.24. The van der Waals surface area contributed by atoms with Crippen molar-refractivity contribution >= 4 is 16.7 Å². The maximum atomic E-state index is 11.6. The molecule has 0 aliphatic heterocycles. The fourth-order valence-electron chi connectivity index (χ4n) is 2.74. The lowest BCUT2D eigenvalue weighted by atomic mass is 10.0. The van der Waals surface area contributed by atoms with E-state index in [0.717, 1.165) is 0 Å². The van der Waals surface area contributed by atoms with Gasteiger partial charge in [-0.3, -0.25) is 0 Å². The maximum Gasteiger partial charge on any atom is 0.339 e. The molecule has 168 valence electrons. The lowest BCUT2D eigenvalue weighted by Gasteiger charge is -2.17. The van der Waals surface area contributed by atoms with Crippen molar-refractivity contribution in [3.8, 4) is 11.5 Å². The van der Waals surface area contributed by atoms with E-state index in [-0.39, 0.29) is 37.7 Å². The average Bonchev–Trinajstić information content (AvgIpc) is 2.76. The van der Waals surface area contributed by atoms with Crippen LogP contribution in [0.1, 0.15) is 10.4 Å². The first-order chi connectivity index (χ1) is 15.0. The van der Waals surface area contributed by atoms with Gasteiger partial charge in [-0.15, -0.1) is 13.2 Å². The SMILES string of the molecule is C=CCOCC(O)COc1ccc2c(OCC(O)COCC=C)c(C(=O)O)ccc2c1. The summed E-state index contributed by atoms with van der Waals surface area (Å²) in [6.45, 7) is 7.77. The fraction of sp³-hybridized carbons (Fsp3) is 0.348. The number of aromatic carboxylic acids is 1. The first-order valence-corrected chi connectivity index (χ1v) is 9.75. The van der Waals surface area contributed by atoms with E-state index < -0.39 is 18.2 Å². The summed E-state index contributed by atoms with van der Waals surface area (Å²) in [6.07, 6.45) is 1.43. The Morgan fingerprint density at radius 1 is 0.903 bits per heavy atom. The second-order valence-corrected chi connectivity index (χ2v) is 6.71. The van der Waals surface area contributed by atoms with Crippen molar-refractivity contribution in [2.45, 2.75) is 12.2 Å². The maximum absolute atomic E-state index is 11.6. The Morgan fingerprint density at radius 3 is 2.10 bits per heavy atom. The second kappa shape index (κ2) is 12.7. The Hall–Kier alpha value is -2.91. The number of aliphatic hydroxyl groups excluding tert-OH is 2. The topological polar surface area (TPSA) is 115 Å². The van der Waals surface area contributed by atoms with E-state index in [1.165, 1.54) is 6.07 Å². The van der Waals surface area contributed by atoms with Crippen LogP contribution in [0.2, 0.25) is 0 Å². The van der Waals surface area contributed by atoms with Gasteiger partial charge >= 0.3 is 5.97 Å². The molecule has 0 amide bonds. The van der Waals surface area contributed by atoms with Crippen molar-refractivity contribution < 1.29 is 39.1 Å². The molecule has 0 saturated carbocycles. The number of hydrogen-bond acceptors (Lipinski definition) is 7. The van der Waals surface area contributed by atoms with Crippen LogP contribution in [-0.2, 0) is 9.47 Å². The molecule has 0 bridgehead atoms. The zero-order valence-corrected chi connectivity index (χ0v) is 17.2. The average molecular weight is 432 g/mol. The van der Waals surface area contributed by atoms with Gasteiger partial charge in [0.1, 0.15) is 42.5 Å². The van der Waals surface area contributed by atoms with E-state index in [0.29, 0.717) is 29.7 Å². The number of fused-ring (bicyclic) bond motifs is 1. The highest BCUT2D eigenvalue weighted by Crippen LogP contribution is 2.32. The van der Waals surface area contributed by atoms with E-state index in [1.54, 1.807) is 36.4 Å². The summed E-state index contributed by atoms with van der Waals surface area (Å²) in [5.74, 6) is -0.489. The molecule has 31 heavy (non-hydrogen) atoms. The first kappa shape index (κ1) is 24.4. The van der Waals surface area contributed by atoms with Crippen LogP contribution in [0, 0.1) is 0 Å². The normalized spacial score (nSPS) is 12.8. The summed E-state index contributed by atoms with van der Waals surface area (Å²) >= 11 is 0. The quantitative estimate of drug-likeness (QED) is 0.290. The van der Waals surface area contributed by atoms with Crippen LogP contribution >= 0.6 is 0 Å². The third-order valence-corrected chi connectivity index (χ3v) is 4.13. The molecule has 2 aromatic rings. The molecule has 0 heterocycles. The molecule has 0 aliphatic carbocycles. The summed E-state index contributed by atoms with van der Waals surface area (Å²) < 4.78 is 21.6. The molecule has 2 atom stereocenters. The Bertz CT molecular complexity index is 879. The van der Waals surface area contributed by atoms with Gasteiger partial charge in [0, 0.05) is 5.39 Å². The van der Waals surface area contributed by atoms with Gasteiger partial charge < -0.3 is 34.3 Å². The van der Waals surface area contributed by atoms with Crippen LogP contribution < -0.4 is 9.47 Å². The zero-order chi connectivity index (χ0) is 22.6. The van der Waals surface area contributed by atoms with Crippen molar-refractivity contribution in [2.75, 3.05) is 39.6 Å². The van der Waals surface area contributed by atoms with Gasteiger partial charge in [-0.05, 0) is 29.7 Å². The molecule has 0 spiro atoms. The summed E-state index contributed by atoms with van der Waals surface area (Å²) in [6, 6.07) is 8.12. The van der Waals surface area contributed by atoms with E-state index in [2.05, 4.69) is 13.2 Å². The second-order valence-electron chi connectivity index (χ2n) is 6.71. The molecule has 3 N–H and O–H groups in total. The zero-order valence-electron chi connectivity index (χ0n) is 17.2. The predicted octanol–water partition coefficient (Wildman–Crippen LogP) is 2.42. The number of carboxylic acid groups (broad SMARTS) is 1. The van der Waals surface area contributed by atoms with Gasteiger partial charge in [0.05, 0.1) is 26.4 Å².